The molecule has 0 aromatic rings. The summed E-state index contributed by atoms with van der Waals surface area (Å²) in [6.07, 6.45) is 1.49. The fourth-order valence-corrected chi connectivity index (χ4v) is 2.56. The van der Waals surface area contributed by atoms with Gasteiger partial charge >= 0.3 is 5.51 Å². The molecule has 1 N–H and O–H groups in total. The zero-order valence-corrected chi connectivity index (χ0v) is 10.5. The molecule has 1 atom stereocenters. The minimum absolute atomic E-state index is 0.0213. The monoisotopic (exact) mass is 270 g/mol. The Balaban J connectivity index is 2.33. The largest absolute Gasteiger partial charge is 0.441 e. The number of hydrogen-bond donors (Lipinski definition) is 1. The molecule has 0 amide bonds. The lowest BCUT2D eigenvalue weighted by Gasteiger charge is -2.32. The number of likely N-dealkylation sites (tertiary alicyclic amines) is 1. The molecule has 17 heavy (non-hydrogen) atoms. The van der Waals surface area contributed by atoms with Gasteiger partial charge in [0.15, 0.2) is 0 Å². The van der Waals surface area contributed by atoms with Crippen LogP contribution in [0.4, 0.5) is 13.2 Å². The summed E-state index contributed by atoms with van der Waals surface area (Å²) in [7, 11) is 0. The predicted molar refractivity (Wildman–Crippen MR) is 62.6 cm³/mol. The minimum atomic E-state index is -4.14. The van der Waals surface area contributed by atoms with E-state index in [1.165, 1.54) is 0 Å². The van der Waals surface area contributed by atoms with Gasteiger partial charge in [0.1, 0.15) is 0 Å². The first-order chi connectivity index (χ1) is 7.96. The fraction of sp³-hybridized carbons (Fsp3) is 0.900. The molecule has 7 heteroatoms. The summed E-state index contributed by atoms with van der Waals surface area (Å²) >= 11 is 0.0213. The summed E-state index contributed by atoms with van der Waals surface area (Å²) in [6.45, 7) is 3.78. The van der Waals surface area contributed by atoms with Crippen LogP contribution < -0.4 is 0 Å². The van der Waals surface area contributed by atoms with Crippen LogP contribution in [-0.2, 0) is 0 Å². The zero-order chi connectivity index (χ0) is 12.9. The average molecular weight is 270 g/mol. The summed E-state index contributed by atoms with van der Waals surface area (Å²) in [4.78, 5) is 2.00. The van der Waals surface area contributed by atoms with Crippen LogP contribution in [0.2, 0.25) is 0 Å². The number of oxime groups is 1. The molecule has 1 rings (SSSR count). The Kier molecular flexibility index (Phi) is 5.58. The number of rotatable bonds is 4. The summed E-state index contributed by atoms with van der Waals surface area (Å²) in [5.41, 5.74) is -3.37. The Morgan fingerprint density at radius 3 is 2.76 bits per heavy atom. The number of thioether (sulfide) groups is 1. The van der Waals surface area contributed by atoms with E-state index >= 15 is 0 Å². The molecular weight excluding hydrogens is 253 g/mol. The van der Waals surface area contributed by atoms with Gasteiger partial charge in [0.25, 0.3) is 0 Å². The molecule has 3 nitrogen and oxygen atoms in total. The molecule has 0 radical (unpaired) electrons. The van der Waals surface area contributed by atoms with E-state index in [4.69, 9.17) is 5.21 Å². The second kappa shape index (κ2) is 6.49. The Morgan fingerprint density at radius 2 is 2.24 bits per heavy atom. The third kappa shape index (κ3) is 5.16. The Hall–Kier alpha value is -0.430. The summed E-state index contributed by atoms with van der Waals surface area (Å²) in [6, 6.07) is 0. The molecule has 0 saturated carbocycles. The van der Waals surface area contributed by atoms with Gasteiger partial charge in [-0.05, 0) is 18.2 Å². The van der Waals surface area contributed by atoms with Gasteiger partial charge in [0.2, 0.25) is 0 Å². The highest BCUT2D eigenvalue weighted by molar-refractivity contribution is 8.00. The van der Waals surface area contributed by atoms with Crippen molar-refractivity contribution in [3.8, 4) is 0 Å². The number of nitrogens with zero attached hydrogens (tertiary/aromatic N) is 2. The van der Waals surface area contributed by atoms with Gasteiger partial charge < -0.3 is 10.1 Å². The molecule has 0 aromatic heterocycles. The van der Waals surface area contributed by atoms with E-state index in [0.717, 1.165) is 12.1 Å². The highest BCUT2D eigenvalue weighted by Gasteiger charge is 2.29. The number of piperidine rings is 1. The number of hydrogen-bond acceptors (Lipinski definition) is 4. The van der Waals surface area contributed by atoms with Gasteiger partial charge in [-0.15, -0.1) is 0 Å². The van der Waals surface area contributed by atoms with Gasteiger partial charge in [0, 0.05) is 37.7 Å². The van der Waals surface area contributed by atoms with E-state index in [9.17, 15) is 13.2 Å². The second-order valence-electron chi connectivity index (χ2n) is 4.04. The number of alkyl halides is 3. The van der Waals surface area contributed by atoms with Gasteiger partial charge in [0.05, 0.1) is 5.71 Å². The molecule has 1 unspecified atom stereocenters. The van der Waals surface area contributed by atoms with Gasteiger partial charge in [-0.1, -0.05) is 12.1 Å². The van der Waals surface area contributed by atoms with Crippen LogP contribution in [0, 0.1) is 5.92 Å². The van der Waals surface area contributed by atoms with E-state index in [0.29, 0.717) is 26.1 Å². The summed E-state index contributed by atoms with van der Waals surface area (Å²) in [5, 5.41) is 12.0. The molecule has 0 aliphatic carbocycles. The molecule has 1 aliphatic heterocycles. The lowest BCUT2D eigenvalue weighted by molar-refractivity contribution is -0.0328. The van der Waals surface area contributed by atoms with Crippen LogP contribution in [0.1, 0.15) is 19.8 Å². The molecule has 0 bridgehead atoms. The van der Waals surface area contributed by atoms with Crippen LogP contribution in [0.25, 0.3) is 0 Å². The van der Waals surface area contributed by atoms with Crippen LogP contribution in [0.15, 0.2) is 5.16 Å². The van der Waals surface area contributed by atoms with Crippen molar-refractivity contribution in [3.05, 3.63) is 0 Å². The van der Waals surface area contributed by atoms with Crippen molar-refractivity contribution >= 4 is 17.5 Å². The van der Waals surface area contributed by atoms with Gasteiger partial charge in [-0.2, -0.15) is 13.2 Å². The van der Waals surface area contributed by atoms with Crippen molar-refractivity contribution in [3.63, 3.8) is 0 Å². The Bertz CT molecular complexity index is 271. The first-order valence-electron chi connectivity index (χ1n) is 5.60. The highest BCUT2D eigenvalue weighted by Crippen LogP contribution is 2.30. The van der Waals surface area contributed by atoms with E-state index < -0.39 is 5.51 Å². The normalized spacial score (nSPS) is 25.4. The van der Waals surface area contributed by atoms with Crippen molar-refractivity contribution in [2.24, 2.45) is 11.1 Å². The van der Waals surface area contributed by atoms with Crippen molar-refractivity contribution in [1.82, 2.24) is 4.90 Å². The second-order valence-corrected chi connectivity index (χ2v) is 5.20. The average Bonchev–Trinajstić information content (AvgIpc) is 2.27. The van der Waals surface area contributed by atoms with Crippen molar-refractivity contribution in [2.75, 3.05) is 25.4 Å². The standard InChI is InChI=1S/C10H17F3N2OS/c1-2-8-7-15(4-3-9(8)14-16)5-6-17-10(11,12)13/h8,16H,2-7H2,1H3. The summed E-state index contributed by atoms with van der Waals surface area (Å²) < 4.78 is 35.9. The fourth-order valence-electron chi connectivity index (χ4n) is 1.98. The third-order valence-electron chi connectivity index (χ3n) is 2.93. The summed E-state index contributed by atoms with van der Waals surface area (Å²) in [5.74, 6) is 0.232. The van der Waals surface area contributed by atoms with Crippen molar-refractivity contribution in [1.29, 1.82) is 0 Å². The molecule has 1 saturated heterocycles. The Labute approximate surface area is 103 Å². The van der Waals surface area contributed by atoms with E-state index in [-0.39, 0.29) is 23.4 Å². The lowest BCUT2D eigenvalue weighted by atomic mass is 9.93. The maximum absolute atomic E-state index is 12.0. The maximum atomic E-state index is 12.0. The van der Waals surface area contributed by atoms with E-state index in [1.54, 1.807) is 0 Å². The number of halogens is 3. The van der Waals surface area contributed by atoms with Crippen LogP contribution in [-0.4, -0.2) is 46.7 Å². The molecule has 0 spiro atoms. The third-order valence-corrected chi connectivity index (χ3v) is 3.64. The van der Waals surface area contributed by atoms with Crippen molar-refractivity contribution in [2.45, 2.75) is 25.3 Å². The molecular formula is C10H17F3N2OS. The van der Waals surface area contributed by atoms with Crippen molar-refractivity contribution < 1.29 is 18.4 Å². The van der Waals surface area contributed by atoms with Gasteiger partial charge in [-0.3, -0.25) is 0 Å². The lowest BCUT2D eigenvalue weighted by Crippen LogP contribution is -2.41. The maximum Gasteiger partial charge on any atom is 0.441 e. The van der Waals surface area contributed by atoms with Crippen LogP contribution >= 0.6 is 11.8 Å². The zero-order valence-electron chi connectivity index (χ0n) is 9.70. The molecule has 100 valence electrons. The van der Waals surface area contributed by atoms with E-state index in [1.807, 2.05) is 11.8 Å². The van der Waals surface area contributed by atoms with Crippen LogP contribution in [0.3, 0.4) is 0 Å². The highest BCUT2D eigenvalue weighted by atomic mass is 32.2. The first kappa shape index (κ1) is 14.6. The first-order valence-corrected chi connectivity index (χ1v) is 6.58. The molecule has 1 heterocycles. The smallest absolute Gasteiger partial charge is 0.411 e. The predicted octanol–water partition coefficient (Wildman–Crippen LogP) is 2.80. The molecule has 1 fully saturated rings. The molecule has 0 aromatic carbocycles. The van der Waals surface area contributed by atoms with Gasteiger partial charge in [-0.25, -0.2) is 0 Å². The SMILES string of the molecule is CCC1CN(CCSC(F)(F)F)CCC1=NO. The van der Waals surface area contributed by atoms with E-state index in [2.05, 4.69) is 5.16 Å². The van der Waals surface area contributed by atoms with Crippen LogP contribution in [0.5, 0.6) is 0 Å². The molecule has 1 aliphatic rings. The minimum Gasteiger partial charge on any atom is -0.411 e. The quantitative estimate of drug-likeness (QED) is 0.630. The Morgan fingerprint density at radius 1 is 1.53 bits per heavy atom. The topological polar surface area (TPSA) is 35.8 Å².